The Labute approximate surface area is 180 Å². The van der Waals surface area contributed by atoms with Crippen LogP contribution in [0, 0.1) is 0 Å². The van der Waals surface area contributed by atoms with Gasteiger partial charge in [-0.1, -0.05) is 30.5 Å². The molecule has 0 bridgehead atoms. The monoisotopic (exact) mass is 424 g/mol. The third-order valence-electron chi connectivity index (χ3n) is 5.39. The minimum Gasteiger partial charge on any atom is -0.361 e. The third-order valence-corrected chi connectivity index (χ3v) is 5.63. The second-order valence-electron chi connectivity index (χ2n) is 7.64. The molecule has 0 saturated carbocycles. The summed E-state index contributed by atoms with van der Waals surface area (Å²) in [6, 6.07) is 12.7. The molecule has 0 spiro atoms. The number of benzene rings is 2. The molecule has 7 heteroatoms. The predicted molar refractivity (Wildman–Crippen MR) is 121 cm³/mol. The smallest absolute Gasteiger partial charge is 0.321 e. The Hall–Kier alpha value is -2.99. The highest BCUT2D eigenvalue weighted by atomic mass is 35.5. The molecule has 2 heterocycles. The fraction of sp³-hybridized carbons (Fsp3) is 0.304. The van der Waals surface area contributed by atoms with E-state index in [2.05, 4.69) is 15.6 Å². The van der Waals surface area contributed by atoms with Crippen LogP contribution in [0.25, 0.3) is 10.9 Å². The first-order valence-electron chi connectivity index (χ1n) is 10.3. The Morgan fingerprint density at radius 1 is 0.933 bits per heavy atom. The number of nitrogens with one attached hydrogen (secondary N) is 3. The zero-order valence-electron chi connectivity index (χ0n) is 16.7. The Kier molecular flexibility index (Phi) is 6.23. The topological polar surface area (TPSA) is 77.2 Å². The molecule has 0 atom stereocenters. The van der Waals surface area contributed by atoms with Gasteiger partial charge in [-0.3, -0.25) is 4.79 Å². The van der Waals surface area contributed by atoms with Crippen LogP contribution >= 0.6 is 11.6 Å². The van der Waals surface area contributed by atoms with Gasteiger partial charge in [0.05, 0.1) is 6.42 Å². The number of anilines is 2. The number of H-pyrrole nitrogens is 1. The Bertz CT molecular complexity index is 1040. The van der Waals surface area contributed by atoms with Crippen LogP contribution in [0.1, 0.15) is 31.2 Å². The quantitative estimate of drug-likeness (QED) is 0.523. The molecule has 1 fully saturated rings. The van der Waals surface area contributed by atoms with E-state index in [-0.39, 0.29) is 18.4 Å². The highest BCUT2D eigenvalue weighted by Gasteiger charge is 2.15. The van der Waals surface area contributed by atoms with Gasteiger partial charge in [0.1, 0.15) is 0 Å². The standard InChI is InChI=1S/C23H25ClN4O2/c24-17-5-10-20-16(15-25-21(20)14-17)13-22(29)26-18-6-8-19(9-7-18)27-23(30)28-11-3-1-2-4-12-28/h5-10,14-15,25H,1-4,11-13H2,(H,26,29)(H,27,30). The van der Waals surface area contributed by atoms with Crippen molar-refractivity contribution in [2.75, 3.05) is 23.7 Å². The Morgan fingerprint density at radius 2 is 1.60 bits per heavy atom. The van der Waals surface area contributed by atoms with Crippen molar-refractivity contribution in [3.8, 4) is 0 Å². The number of hydrogen-bond acceptors (Lipinski definition) is 2. The van der Waals surface area contributed by atoms with Gasteiger partial charge in [0.25, 0.3) is 0 Å². The van der Waals surface area contributed by atoms with E-state index in [1.54, 1.807) is 24.3 Å². The maximum Gasteiger partial charge on any atom is 0.321 e. The van der Waals surface area contributed by atoms with Crippen molar-refractivity contribution in [1.29, 1.82) is 0 Å². The maximum absolute atomic E-state index is 12.5. The lowest BCUT2D eigenvalue weighted by molar-refractivity contribution is -0.115. The number of likely N-dealkylation sites (tertiary alicyclic amines) is 1. The predicted octanol–water partition coefficient (Wildman–Crippen LogP) is 5.41. The first-order chi connectivity index (χ1) is 14.6. The number of amides is 3. The molecule has 156 valence electrons. The molecule has 6 nitrogen and oxygen atoms in total. The summed E-state index contributed by atoms with van der Waals surface area (Å²) in [4.78, 5) is 29.9. The van der Waals surface area contributed by atoms with Crippen molar-refractivity contribution < 1.29 is 9.59 Å². The molecule has 3 aromatic rings. The van der Waals surface area contributed by atoms with Gasteiger partial charge >= 0.3 is 6.03 Å². The first-order valence-corrected chi connectivity index (χ1v) is 10.7. The van der Waals surface area contributed by atoms with Crippen LogP contribution in [-0.2, 0) is 11.2 Å². The number of hydrogen-bond donors (Lipinski definition) is 3. The zero-order valence-corrected chi connectivity index (χ0v) is 17.5. The molecule has 1 aliphatic heterocycles. The van der Waals surface area contributed by atoms with Gasteiger partial charge in [-0.05, 0) is 54.8 Å². The number of fused-ring (bicyclic) bond motifs is 1. The first kappa shape index (κ1) is 20.3. The molecular weight excluding hydrogens is 400 g/mol. The van der Waals surface area contributed by atoms with Crippen molar-refractivity contribution in [2.45, 2.75) is 32.1 Å². The molecule has 3 N–H and O–H groups in total. The van der Waals surface area contributed by atoms with Gasteiger partial charge in [-0.25, -0.2) is 4.79 Å². The molecule has 30 heavy (non-hydrogen) atoms. The molecule has 2 aromatic carbocycles. The number of carbonyl (C=O) groups is 2. The summed E-state index contributed by atoms with van der Waals surface area (Å²) in [6.07, 6.45) is 6.58. The molecule has 4 rings (SSSR count). The van der Waals surface area contributed by atoms with Gasteiger partial charge in [-0.2, -0.15) is 0 Å². The maximum atomic E-state index is 12.5. The normalized spacial score (nSPS) is 14.4. The number of aromatic amines is 1. The third kappa shape index (κ3) is 4.94. The summed E-state index contributed by atoms with van der Waals surface area (Å²) < 4.78 is 0. The van der Waals surface area contributed by atoms with E-state index in [4.69, 9.17) is 11.6 Å². The minimum atomic E-state index is -0.104. The van der Waals surface area contributed by atoms with E-state index in [9.17, 15) is 9.59 Å². The second kappa shape index (κ2) is 9.22. The fourth-order valence-corrected chi connectivity index (χ4v) is 3.97. The number of urea groups is 1. The molecule has 3 amide bonds. The van der Waals surface area contributed by atoms with Crippen LogP contribution in [0.4, 0.5) is 16.2 Å². The Morgan fingerprint density at radius 3 is 2.30 bits per heavy atom. The average Bonchev–Trinajstić information content (AvgIpc) is 2.93. The number of carbonyl (C=O) groups excluding carboxylic acids is 2. The van der Waals surface area contributed by atoms with Gasteiger partial charge in [0.15, 0.2) is 0 Å². The molecule has 0 radical (unpaired) electrons. The van der Waals surface area contributed by atoms with E-state index in [1.165, 1.54) is 12.8 Å². The lowest BCUT2D eigenvalue weighted by Crippen LogP contribution is -2.35. The van der Waals surface area contributed by atoms with Crippen LogP contribution in [0.2, 0.25) is 5.02 Å². The van der Waals surface area contributed by atoms with E-state index < -0.39 is 0 Å². The SMILES string of the molecule is O=C(Cc1c[nH]c2cc(Cl)ccc12)Nc1ccc(NC(=O)N2CCCCCC2)cc1. The Balaban J connectivity index is 1.33. The van der Waals surface area contributed by atoms with Gasteiger partial charge in [0.2, 0.25) is 5.91 Å². The number of rotatable bonds is 4. The molecule has 1 aromatic heterocycles. The average molecular weight is 425 g/mol. The van der Waals surface area contributed by atoms with Crippen molar-refractivity contribution in [2.24, 2.45) is 0 Å². The number of nitrogens with zero attached hydrogens (tertiary/aromatic N) is 1. The summed E-state index contributed by atoms with van der Waals surface area (Å²) in [5.41, 5.74) is 3.24. The molecular formula is C23H25ClN4O2. The van der Waals surface area contributed by atoms with Crippen molar-refractivity contribution in [1.82, 2.24) is 9.88 Å². The van der Waals surface area contributed by atoms with Crippen LogP contribution < -0.4 is 10.6 Å². The van der Waals surface area contributed by atoms with Crippen LogP contribution in [0.3, 0.4) is 0 Å². The lowest BCUT2D eigenvalue weighted by Gasteiger charge is -2.20. The highest BCUT2D eigenvalue weighted by Crippen LogP contribution is 2.23. The zero-order chi connectivity index (χ0) is 20.9. The second-order valence-corrected chi connectivity index (χ2v) is 8.07. The summed E-state index contributed by atoms with van der Waals surface area (Å²) in [6.45, 7) is 1.61. The fourth-order valence-electron chi connectivity index (χ4n) is 3.80. The van der Waals surface area contributed by atoms with E-state index in [1.807, 2.05) is 29.3 Å². The van der Waals surface area contributed by atoms with Crippen LogP contribution in [0.5, 0.6) is 0 Å². The highest BCUT2D eigenvalue weighted by molar-refractivity contribution is 6.31. The minimum absolute atomic E-state index is 0.0619. The molecule has 1 aliphatic rings. The van der Waals surface area contributed by atoms with Crippen molar-refractivity contribution in [3.05, 3.63) is 59.2 Å². The largest absolute Gasteiger partial charge is 0.361 e. The van der Waals surface area contributed by atoms with Gasteiger partial charge in [0, 0.05) is 46.6 Å². The van der Waals surface area contributed by atoms with Crippen molar-refractivity contribution in [3.63, 3.8) is 0 Å². The summed E-state index contributed by atoms with van der Waals surface area (Å²) >= 11 is 6.01. The van der Waals surface area contributed by atoms with E-state index >= 15 is 0 Å². The van der Waals surface area contributed by atoms with Crippen LogP contribution in [-0.4, -0.2) is 34.9 Å². The van der Waals surface area contributed by atoms with E-state index in [0.717, 1.165) is 48.1 Å². The summed E-state index contributed by atoms with van der Waals surface area (Å²) in [7, 11) is 0. The molecule has 1 saturated heterocycles. The van der Waals surface area contributed by atoms with Gasteiger partial charge < -0.3 is 20.5 Å². The number of halogens is 1. The van der Waals surface area contributed by atoms with Crippen LogP contribution in [0.15, 0.2) is 48.7 Å². The lowest BCUT2D eigenvalue weighted by atomic mass is 10.1. The van der Waals surface area contributed by atoms with Gasteiger partial charge in [-0.15, -0.1) is 0 Å². The molecule has 0 aliphatic carbocycles. The molecule has 0 unspecified atom stereocenters. The summed E-state index contributed by atoms with van der Waals surface area (Å²) in [5, 5.41) is 7.49. The summed E-state index contributed by atoms with van der Waals surface area (Å²) in [5.74, 6) is -0.104. The van der Waals surface area contributed by atoms with Crippen molar-refractivity contribution >= 4 is 45.8 Å². The van der Waals surface area contributed by atoms with E-state index in [0.29, 0.717) is 10.7 Å². The number of aromatic nitrogens is 1.